The number of unbranched alkanes of at least 4 members (excludes halogenated alkanes) is 3. The van der Waals surface area contributed by atoms with Crippen molar-refractivity contribution in [3.8, 4) is 0 Å². The first kappa shape index (κ1) is 29.8. The van der Waals surface area contributed by atoms with Gasteiger partial charge in [-0.05, 0) is 64.8 Å². The maximum atomic E-state index is 11.0. The number of piperidine rings is 1. The molecule has 192 valence electrons. The van der Waals surface area contributed by atoms with Crippen LogP contribution in [0.3, 0.4) is 0 Å². The van der Waals surface area contributed by atoms with Gasteiger partial charge in [-0.2, -0.15) is 0 Å². The largest absolute Gasteiger partial charge is 0.379 e. The third-order valence-corrected chi connectivity index (χ3v) is 8.08. The normalized spacial score (nSPS) is 22.3. The van der Waals surface area contributed by atoms with Crippen molar-refractivity contribution < 1.29 is 13.2 Å². The van der Waals surface area contributed by atoms with E-state index in [2.05, 4.69) is 35.5 Å². The fraction of sp³-hybridized carbons (Fsp3) is 1.00. The lowest BCUT2D eigenvalue weighted by Gasteiger charge is -2.26. The van der Waals surface area contributed by atoms with Gasteiger partial charge in [-0.25, -0.2) is 8.42 Å². The van der Waals surface area contributed by atoms with Crippen molar-refractivity contribution in [3.63, 3.8) is 0 Å². The van der Waals surface area contributed by atoms with Gasteiger partial charge in [0.15, 0.2) is 9.84 Å². The number of rotatable bonds is 9. The average Bonchev–Trinajstić information content (AvgIpc) is 2.83. The molecule has 3 fully saturated rings. The van der Waals surface area contributed by atoms with E-state index in [1.807, 2.05) is 0 Å². The second-order valence-corrected chi connectivity index (χ2v) is 11.7. The lowest BCUT2D eigenvalue weighted by atomic mass is 10.1. The Morgan fingerprint density at radius 3 is 1.44 bits per heavy atom. The maximum Gasteiger partial charge on any atom is 0.152 e. The first-order valence-corrected chi connectivity index (χ1v) is 15.3. The van der Waals surface area contributed by atoms with Crippen molar-refractivity contribution in [2.24, 2.45) is 0 Å². The Balaban J connectivity index is 0.000000241. The standard InChI is InChI=1S/C9H19N.C8H17NO2S.C8H17NO/c1-2-3-7-10-8-5-4-6-9-10;1-2-3-4-9-5-7-12(10,11)8-6-9;1-2-3-4-9-5-7-10-8-6-9/h2-9H2,1H3;2-8H2,1H3;2-8H2,1H3. The smallest absolute Gasteiger partial charge is 0.152 e. The first-order chi connectivity index (χ1) is 15.5. The molecule has 0 aromatic heterocycles. The zero-order chi connectivity index (χ0) is 23.5. The highest BCUT2D eigenvalue weighted by Crippen LogP contribution is 2.09. The number of ether oxygens (including phenoxy) is 1. The summed E-state index contributed by atoms with van der Waals surface area (Å²) in [7, 11) is -2.68. The van der Waals surface area contributed by atoms with Gasteiger partial charge in [0.05, 0.1) is 24.7 Å². The summed E-state index contributed by atoms with van der Waals surface area (Å²) in [5, 5.41) is 0. The van der Waals surface area contributed by atoms with Crippen LogP contribution in [0.1, 0.15) is 78.6 Å². The van der Waals surface area contributed by atoms with E-state index in [4.69, 9.17) is 4.74 Å². The second-order valence-electron chi connectivity index (χ2n) is 9.41. The summed E-state index contributed by atoms with van der Waals surface area (Å²) < 4.78 is 27.3. The Morgan fingerprint density at radius 2 is 1.00 bits per heavy atom. The maximum absolute atomic E-state index is 11.0. The molecule has 0 saturated carbocycles. The van der Waals surface area contributed by atoms with Crippen LogP contribution in [0, 0.1) is 0 Å². The van der Waals surface area contributed by atoms with Gasteiger partial charge in [-0.3, -0.25) is 4.90 Å². The number of likely N-dealkylation sites (tertiary alicyclic amines) is 1. The lowest BCUT2D eigenvalue weighted by Crippen LogP contribution is -2.40. The lowest BCUT2D eigenvalue weighted by molar-refractivity contribution is 0.0373. The SMILES string of the molecule is CCCCN1CCCCC1.CCCCN1CCOCC1.CCCCN1CCS(=O)(=O)CC1. The van der Waals surface area contributed by atoms with Gasteiger partial charge in [0.2, 0.25) is 0 Å². The van der Waals surface area contributed by atoms with Crippen LogP contribution in [0.15, 0.2) is 0 Å². The number of nitrogens with zero attached hydrogens (tertiary/aromatic N) is 3. The van der Waals surface area contributed by atoms with E-state index in [0.29, 0.717) is 11.5 Å². The number of hydrogen-bond donors (Lipinski definition) is 0. The molecule has 6 nitrogen and oxygen atoms in total. The van der Waals surface area contributed by atoms with Gasteiger partial charge in [-0.15, -0.1) is 0 Å². The van der Waals surface area contributed by atoms with Crippen LogP contribution in [0.4, 0.5) is 0 Å². The topological polar surface area (TPSA) is 53.1 Å². The third-order valence-electron chi connectivity index (χ3n) is 6.47. The van der Waals surface area contributed by atoms with Crippen LogP contribution in [-0.4, -0.2) is 107 Å². The molecule has 3 aliphatic heterocycles. The molecule has 32 heavy (non-hydrogen) atoms. The van der Waals surface area contributed by atoms with E-state index in [0.717, 1.165) is 45.9 Å². The molecule has 0 atom stereocenters. The third kappa shape index (κ3) is 15.6. The minimum atomic E-state index is -2.68. The molecular formula is C25H53N3O3S. The van der Waals surface area contributed by atoms with Crippen LogP contribution < -0.4 is 0 Å². The van der Waals surface area contributed by atoms with Gasteiger partial charge in [0.25, 0.3) is 0 Å². The molecule has 0 unspecified atom stereocenters. The summed E-state index contributed by atoms with van der Waals surface area (Å²) in [5.41, 5.74) is 0. The average molecular weight is 476 g/mol. The monoisotopic (exact) mass is 475 g/mol. The second kappa shape index (κ2) is 19.1. The summed E-state index contributed by atoms with van der Waals surface area (Å²) in [6.45, 7) is 18.7. The van der Waals surface area contributed by atoms with Crippen LogP contribution >= 0.6 is 0 Å². The molecule has 3 heterocycles. The van der Waals surface area contributed by atoms with E-state index in [-0.39, 0.29) is 0 Å². The van der Waals surface area contributed by atoms with Crippen molar-refractivity contribution in [2.75, 3.05) is 83.6 Å². The first-order valence-electron chi connectivity index (χ1n) is 13.5. The van der Waals surface area contributed by atoms with Crippen molar-refractivity contribution in [1.82, 2.24) is 14.7 Å². The molecule has 0 aliphatic carbocycles. The minimum absolute atomic E-state index is 0.358. The highest BCUT2D eigenvalue weighted by molar-refractivity contribution is 7.91. The highest BCUT2D eigenvalue weighted by atomic mass is 32.2. The van der Waals surface area contributed by atoms with E-state index < -0.39 is 9.84 Å². The predicted molar refractivity (Wildman–Crippen MR) is 137 cm³/mol. The highest BCUT2D eigenvalue weighted by Gasteiger charge is 2.20. The van der Waals surface area contributed by atoms with Gasteiger partial charge < -0.3 is 14.5 Å². The van der Waals surface area contributed by atoms with Crippen molar-refractivity contribution >= 4 is 9.84 Å². The van der Waals surface area contributed by atoms with Crippen molar-refractivity contribution in [2.45, 2.75) is 78.6 Å². The molecule has 0 bridgehead atoms. The quantitative estimate of drug-likeness (QED) is 0.504. The Bertz CT molecular complexity index is 483. The van der Waals surface area contributed by atoms with E-state index in [9.17, 15) is 8.42 Å². The van der Waals surface area contributed by atoms with Crippen molar-refractivity contribution in [1.29, 1.82) is 0 Å². The number of morpholine rings is 1. The minimum Gasteiger partial charge on any atom is -0.379 e. The predicted octanol–water partition coefficient (Wildman–Crippen LogP) is 3.91. The summed E-state index contributed by atoms with van der Waals surface area (Å²) in [6, 6.07) is 0. The Morgan fingerprint density at radius 1 is 0.594 bits per heavy atom. The zero-order valence-corrected chi connectivity index (χ0v) is 22.3. The molecule has 0 radical (unpaired) electrons. The van der Waals surface area contributed by atoms with E-state index >= 15 is 0 Å². The molecule has 3 aliphatic rings. The molecule has 0 spiro atoms. The van der Waals surface area contributed by atoms with E-state index in [1.165, 1.54) is 84.0 Å². The fourth-order valence-electron chi connectivity index (χ4n) is 4.13. The van der Waals surface area contributed by atoms with Crippen LogP contribution in [0.5, 0.6) is 0 Å². The molecular weight excluding hydrogens is 422 g/mol. The fourth-order valence-corrected chi connectivity index (χ4v) is 5.40. The molecule has 7 heteroatoms. The Kier molecular flexibility index (Phi) is 17.8. The number of sulfone groups is 1. The van der Waals surface area contributed by atoms with Crippen LogP contribution in [-0.2, 0) is 14.6 Å². The van der Waals surface area contributed by atoms with Gasteiger partial charge in [0, 0.05) is 26.2 Å². The Labute approximate surface area is 200 Å². The van der Waals surface area contributed by atoms with Gasteiger partial charge in [0.1, 0.15) is 0 Å². The van der Waals surface area contributed by atoms with Crippen LogP contribution in [0.25, 0.3) is 0 Å². The zero-order valence-electron chi connectivity index (χ0n) is 21.5. The van der Waals surface area contributed by atoms with Gasteiger partial charge >= 0.3 is 0 Å². The van der Waals surface area contributed by atoms with Gasteiger partial charge in [-0.1, -0.05) is 46.5 Å². The number of hydrogen-bond acceptors (Lipinski definition) is 6. The summed E-state index contributed by atoms with van der Waals surface area (Å²) in [6.07, 6.45) is 12.1. The molecule has 3 saturated heterocycles. The Hall–Kier alpha value is -0.210. The molecule has 0 N–H and O–H groups in total. The summed E-state index contributed by atoms with van der Waals surface area (Å²) >= 11 is 0. The summed E-state index contributed by atoms with van der Waals surface area (Å²) in [4.78, 5) is 7.32. The molecule has 0 amide bonds. The molecule has 0 aromatic rings. The van der Waals surface area contributed by atoms with Crippen molar-refractivity contribution in [3.05, 3.63) is 0 Å². The summed E-state index contributed by atoms with van der Waals surface area (Å²) in [5.74, 6) is 0.716. The van der Waals surface area contributed by atoms with Crippen LogP contribution in [0.2, 0.25) is 0 Å². The van der Waals surface area contributed by atoms with E-state index in [1.54, 1.807) is 0 Å². The molecule has 0 aromatic carbocycles. The molecule has 3 rings (SSSR count).